The standard InChI is InChI=1S/C21H25ClN4O2/c1-14-12-23-11-10-19(14)20(27)25-17-6-8-18(9-7-17)26-21(28)24-13-15-2-4-16(22)5-3-15/h2-5,10-12,17-18H,6-9,13H2,1H3,(H,25,27)(H2,24,26,28). The molecule has 3 N–H and O–H groups in total. The lowest BCUT2D eigenvalue weighted by atomic mass is 9.91. The van der Waals surface area contributed by atoms with Crippen molar-refractivity contribution in [2.24, 2.45) is 0 Å². The van der Waals surface area contributed by atoms with Crippen LogP contribution in [0.5, 0.6) is 0 Å². The molecule has 1 aromatic carbocycles. The van der Waals surface area contributed by atoms with Gasteiger partial charge in [0, 0.05) is 41.6 Å². The Morgan fingerprint density at radius 3 is 2.32 bits per heavy atom. The Bertz CT molecular complexity index is 817. The van der Waals surface area contributed by atoms with Gasteiger partial charge in [-0.05, 0) is 61.9 Å². The molecule has 0 aliphatic heterocycles. The predicted molar refractivity (Wildman–Crippen MR) is 109 cm³/mol. The molecule has 1 fully saturated rings. The minimum Gasteiger partial charge on any atom is -0.349 e. The third kappa shape index (κ3) is 5.70. The van der Waals surface area contributed by atoms with Gasteiger partial charge in [-0.3, -0.25) is 9.78 Å². The number of nitrogens with one attached hydrogen (secondary N) is 3. The normalized spacial score (nSPS) is 18.9. The van der Waals surface area contributed by atoms with Crippen LogP contribution in [0.4, 0.5) is 4.79 Å². The highest BCUT2D eigenvalue weighted by molar-refractivity contribution is 6.30. The molecule has 0 saturated heterocycles. The molecule has 0 radical (unpaired) electrons. The number of amides is 3. The van der Waals surface area contributed by atoms with Gasteiger partial charge in [0.25, 0.3) is 5.91 Å². The Morgan fingerprint density at radius 2 is 1.68 bits per heavy atom. The number of rotatable bonds is 5. The first-order valence-electron chi connectivity index (χ1n) is 9.51. The molecule has 0 bridgehead atoms. The molecular formula is C21H25ClN4O2. The fourth-order valence-electron chi connectivity index (χ4n) is 3.39. The van der Waals surface area contributed by atoms with E-state index in [0.29, 0.717) is 17.1 Å². The Morgan fingerprint density at radius 1 is 1.04 bits per heavy atom. The fourth-order valence-corrected chi connectivity index (χ4v) is 3.52. The molecule has 7 heteroatoms. The molecule has 6 nitrogen and oxygen atoms in total. The van der Waals surface area contributed by atoms with Crippen molar-refractivity contribution in [2.45, 2.75) is 51.2 Å². The summed E-state index contributed by atoms with van der Waals surface area (Å²) in [5.41, 5.74) is 2.53. The number of carbonyl (C=O) groups excluding carboxylic acids is 2. The van der Waals surface area contributed by atoms with Crippen LogP contribution in [0.3, 0.4) is 0 Å². The summed E-state index contributed by atoms with van der Waals surface area (Å²) < 4.78 is 0. The van der Waals surface area contributed by atoms with Gasteiger partial charge in [-0.1, -0.05) is 23.7 Å². The second-order valence-electron chi connectivity index (χ2n) is 7.17. The summed E-state index contributed by atoms with van der Waals surface area (Å²) in [7, 11) is 0. The van der Waals surface area contributed by atoms with Gasteiger partial charge >= 0.3 is 6.03 Å². The van der Waals surface area contributed by atoms with Crippen LogP contribution in [0.25, 0.3) is 0 Å². The van der Waals surface area contributed by atoms with Gasteiger partial charge in [-0.2, -0.15) is 0 Å². The van der Waals surface area contributed by atoms with Gasteiger partial charge in [0.15, 0.2) is 0 Å². The van der Waals surface area contributed by atoms with E-state index in [1.807, 2.05) is 19.1 Å². The number of halogens is 1. The lowest BCUT2D eigenvalue weighted by molar-refractivity contribution is 0.0923. The first-order valence-corrected chi connectivity index (χ1v) is 9.89. The average Bonchev–Trinajstić information content (AvgIpc) is 2.69. The first-order chi connectivity index (χ1) is 13.5. The van der Waals surface area contributed by atoms with Crippen molar-refractivity contribution >= 4 is 23.5 Å². The van der Waals surface area contributed by atoms with E-state index in [1.54, 1.807) is 30.6 Å². The number of aryl methyl sites for hydroxylation is 1. The summed E-state index contributed by atoms with van der Waals surface area (Å²) in [6, 6.07) is 9.22. The highest BCUT2D eigenvalue weighted by atomic mass is 35.5. The van der Waals surface area contributed by atoms with Crippen LogP contribution in [0.15, 0.2) is 42.7 Å². The van der Waals surface area contributed by atoms with Crippen LogP contribution < -0.4 is 16.0 Å². The maximum absolute atomic E-state index is 12.4. The number of hydrogen-bond acceptors (Lipinski definition) is 3. The van der Waals surface area contributed by atoms with Crippen LogP contribution >= 0.6 is 11.6 Å². The Labute approximate surface area is 170 Å². The molecule has 3 rings (SSSR count). The first kappa shape index (κ1) is 20.1. The van der Waals surface area contributed by atoms with Crippen molar-refractivity contribution in [3.8, 4) is 0 Å². The maximum atomic E-state index is 12.4. The quantitative estimate of drug-likeness (QED) is 0.717. The largest absolute Gasteiger partial charge is 0.349 e. The topological polar surface area (TPSA) is 83.1 Å². The molecule has 2 aromatic rings. The number of nitrogens with zero attached hydrogens (tertiary/aromatic N) is 1. The van der Waals surface area contributed by atoms with Crippen LogP contribution in [0.2, 0.25) is 5.02 Å². The summed E-state index contributed by atoms with van der Waals surface area (Å²) >= 11 is 5.86. The number of aromatic nitrogens is 1. The van der Waals surface area contributed by atoms with E-state index in [1.165, 1.54) is 0 Å². The van der Waals surface area contributed by atoms with Crippen LogP contribution in [-0.2, 0) is 6.54 Å². The molecule has 28 heavy (non-hydrogen) atoms. The van der Waals surface area contributed by atoms with E-state index in [4.69, 9.17) is 11.6 Å². The molecule has 1 aliphatic carbocycles. The Kier molecular flexibility index (Phi) is 6.87. The predicted octanol–water partition coefficient (Wildman–Crippen LogP) is 3.58. The van der Waals surface area contributed by atoms with Crippen molar-refractivity contribution < 1.29 is 9.59 Å². The number of hydrogen-bond donors (Lipinski definition) is 3. The molecule has 1 aromatic heterocycles. The molecule has 1 aliphatic rings. The Hall–Kier alpha value is -2.60. The van der Waals surface area contributed by atoms with Crippen LogP contribution in [0.1, 0.15) is 47.2 Å². The van der Waals surface area contributed by atoms with Gasteiger partial charge in [-0.25, -0.2) is 4.79 Å². The summed E-state index contributed by atoms with van der Waals surface area (Å²) in [5.74, 6) is -0.0583. The highest BCUT2D eigenvalue weighted by Gasteiger charge is 2.24. The SMILES string of the molecule is Cc1cnccc1C(=O)NC1CCC(NC(=O)NCc2ccc(Cl)cc2)CC1. The fraction of sp³-hybridized carbons (Fsp3) is 0.381. The molecule has 148 valence electrons. The van der Waals surface area contributed by atoms with Crippen molar-refractivity contribution in [2.75, 3.05) is 0 Å². The monoisotopic (exact) mass is 400 g/mol. The van der Waals surface area contributed by atoms with E-state index >= 15 is 0 Å². The lowest BCUT2D eigenvalue weighted by Crippen LogP contribution is -2.46. The average molecular weight is 401 g/mol. The molecule has 1 heterocycles. The molecular weight excluding hydrogens is 376 g/mol. The lowest BCUT2D eigenvalue weighted by Gasteiger charge is -2.29. The number of carbonyl (C=O) groups is 2. The van der Waals surface area contributed by atoms with E-state index in [2.05, 4.69) is 20.9 Å². The number of pyridine rings is 1. The molecule has 1 saturated carbocycles. The van der Waals surface area contributed by atoms with Crippen molar-refractivity contribution in [1.82, 2.24) is 20.9 Å². The Balaban J connectivity index is 1.39. The second-order valence-corrected chi connectivity index (χ2v) is 7.60. The van der Waals surface area contributed by atoms with Gasteiger partial charge in [0.2, 0.25) is 0 Å². The summed E-state index contributed by atoms with van der Waals surface area (Å²) in [4.78, 5) is 28.5. The smallest absolute Gasteiger partial charge is 0.315 e. The molecule has 0 spiro atoms. The van der Waals surface area contributed by atoms with Crippen LogP contribution in [-0.4, -0.2) is 29.0 Å². The summed E-state index contributed by atoms with van der Waals surface area (Å²) in [6.07, 6.45) is 6.70. The van der Waals surface area contributed by atoms with Crippen LogP contribution in [0, 0.1) is 6.92 Å². The van der Waals surface area contributed by atoms with Crippen molar-refractivity contribution in [3.63, 3.8) is 0 Å². The van der Waals surface area contributed by atoms with Gasteiger partial charge in [0.05, 0.1) is 0 Å². The zero-order valence-electron chi connectivity index (χ0n) is 15.9. The number of urea groups is 1. The zero-order chi connectivity index (χ0) is 19.9. The third-order valence-electron chi connectivity index (χ3n) is 5.03. The van der Waals surface area contributed by atoms with E-state index in [9.17, 15) is 9.59 Å². The van der Waals surface area contributed by atoms with Gasteiger partial charge in [0.1, 0.15) is 0 Å². The summed E-state index contributed by atoms with van der Waals surface area (Å²) in [5, 5.41) is 9.66. The molecule has 3 amide bonds. The van der Waals surface area contributed by atoms with E-state index < -0.39 is 0 Å². The van der Waals surface area contributed by atoms with Crippen molar-refractivity contribution in [3.05, 3.63) is 64.4 Å². The summed E-state index contributed by atoms with van der Waals surface area (Å²) in [6.45, 7) is 2.34. The highest BCUT2D eigenvalue weighted by Crippen LogP contribution is 2.19. The minimum atomic E-state index is -0.171. The molecule has 0 unspecified atom stereocenters. The molecule has 0 atom stereocenters. The maximum Gasteiger partial charge on any atom is 0.315 e. The number of benzene rings is 1. The zero-order valence-corrected chi connectivity index (χ0v) is 16.6. The van der Waals surface area contributed by atoms with Crippen molar-refractivity contribution in [1.29, 1.82) is 0 Å². The van der Waals surface area contributed by atoms with Gasteiger partial charge in [-0.15, -0.1) is 0 Å². The van der Waals surface area contributed by atoms with E-state index in [-0.39, 0.29) is 24.0 Å². The third-order valence-corrected chi connectivity index (χ3v) is 5.28. The minimum absolute atomic E-state index is 0.0583. The second kappa shape index (κ2) is 9.55. The van der Waals surface area contributed by atoms with E-state index in [0.717, 1.165) is 36.8 Å². The van der Waals surface area contributed by atoms with Gasteiger partial charge < -0.3 is 16.0 Å².